The highest BCUT2D eigenvalue weighted by molar-refractivity contribution is 7.17. The zero-order valence-electron chi connectivity index (χ0n) is 12.0. The van der Waals surface area contributed by atoms with Crippen molar-refractivity contribution >= 4 is 40.0 Å². The Balaban J connectivity index is 1.84. The number of nitrogens with zero attached hydrogens (tertiary/aromatic N) is 2. The van der Waals surface area contributed by atoms with E-state index in [-0.39, 0.29) is 11.6 Å². The van der Waals surface area contributed by atoms with Gasteiger partial charge in [-0.3, -0.25) is 14.9 Å². The minimum absolute atomic E-state index is 0.0669. The topological polar surface area (TPSA) is 85.1 Å². The van der Waals surface area contributed by atoms with Crippen LogP contribution in [-0.2, 0) is 0 Å². The first-order chi connectivity index (χ1) is 11.0. The van der Waals surface area contributed by atoms with Crippen LogP contribution in [0, 0.1) is 17.0 Å². The van der Waals surface area contributed by atoms with Crippen molar-refractivity contribution in [3.05, 3.63) is 61.8 Å². The monoisotopic (exact) mass is 345 g/mol. The standard InChI is InChI=1S/C15H11N3O3S2/c1-9-13(23-15(16-9)10-5-6-22-8-10)14(19)17-11-3-2-4-12(7-11)18(20)21/h2-8H,1H3,(H,17,19). The van der Waals surface area contributed by atoms with Gasteiger partial charge in [0.15, 0.2) is 0 Å². The summed E-state index contributed by atoms with van der Waals surface area (Å²) in [4.78, 5) is 27.6. The van der Waals surface area contributed by atoms with Gasteiger partial charge in [-0.1, -0.05) is 6.07 Å². The van der Waals surface area contributed by atoms with Crippen LogP contribution < -0.4 is 5.32 Å². The fourth-order valence-electron chi connectivity index (χ4n) is 2.00. The predicted octanol–water partition coefficient (Wildman–Crippen LogP) is 4.34. The molecule has 0 unspecified atom stereocenters. The highest BCUT2D eigenvalue weighted by Crippen LogP contribution is 2.30. The first-order valence-corrected chi connectivity index (χ1v) is 8.36. The average Bonchev–Trinajstić information content (AvgIpc) is 3.16. The molecule has 1 N–H and O–H groups in total. The molecule has 0 aliphatic heterocycles. The maximum Gasteiger partial charge on any atom is 0.271 e. The van der Waals surface area contributed by atoms with Crippen LogP contribution in [-0.4, -0.2) is 15.8 Å². The van der Waals surface area contributed by atoms with E-state index in [0.29, 0.717) is 16.3 Å². The summed E-state index contributed by atoms with van der Waals surface area (Å²) in [6.07, 6.45) is 0. The van der Waals surface area contributed by atoms with E-state index in [1.54, 1.807) is 24.3 Å². The van der Waals surface area contributed by atoms with Gasteiger partial charge in [0.1, 0.15) is 9.88 Å². The summed E-state index contributed by atoms with van der Waals surface area (Å²) in [5, 5.41) is 18.2. The van der Waals surface area contributed by atoms with Crippen molar-refractivity contribution in [2.45, 2.75) is 6.92 Å². The Morgan fingerprint density at radius 3 is 2.87 bits per heavy atom. The summed E-state index contributed by atoms with van der Waals surface area (Å²) in [5.41, 5.74) is 1.94. The van der Waals surface area contributed by atoms with Crippen LogP contribution in [0.5, 0.6) is 0 Å². The van der Waals surface area contributed by atoms with E-state index >= 15 is 0 Å². The molecule has 8 heteroatoms. The van der Waals surface area contributed by atoms with Crippen molar-refractivity contribution in [1.29, 1.82) is 0 Å². The van der Waals surface area contributed by atoms with Crippen molar-refractivity contribution in [3.63, 3.8) is 0 Å². The lowest BCUT2D eigenvalue weighted by atomic mass is 10.2. The number of hydrogen-bond donors (Lipinski definition) is 1. The highest BCUT2D eigenvalue weighted by atomic mass is 32.1. The number of thiophene rings is 1. The molecule has 116 valence electrons. The number of anilines is 1. The maximum atomic E-state index is 12.4. The molecule has 1 aromatic carbocycles. The van der Waals surface area contributed by atoms with Gasteiger partial charge in [0.25, 0.3) is 11.6 Å². The van der Waals surface area contributed by atoms with Gasteiger partial charge in [-0.15, -0.1) is 11.3 Å². The number of amides is 1. The molecular weight excluding hydrogens is 334 g/mol. The third-order valence-electron chi connectivity index (χ3n) is 3.09. The molecular formula is C15H11N3O3S2. The normalized spacial score (nSPS) is 10.5. The van der Waals surface area contributed by atoms with Crippen molar-refractivity contribution in [1.82, 2.24) is 4.98 Å². The summed E-state index contributed by atoms with van der Waals surface area (Å²) in [6, 6.07) is 7.80. The molecule has 0 radical (unpaired) electrons. The first kappa shape index (κ1) is 15.3. The maximum absolute atomic E-state index is 12.4. The molecule has 0 atom stereocenters. The van der Waals surface area contributed by atoms with Gasteiger partial charge in [0.05, 0.1) is 10.6 Å². The molecule has 0 aliphatic carbocycles. The molecule has 0 fully saturated rings. The fraction of sp³-hybridized carbons (Fsp3) is 0.0667. The Labute approximate surface area is 139 Å². The van der Waals surface area contributed by atoms with E-state index < -0.39 is 4.92 Å². The first-order valence-electron chi connectivity index (χ1n) is 6.60. The third kappa shape index (κ3) is 3.27. The molecule has 6 nitrogen and oxygen atoms in total. The fourth-order valence-corrected chi connectivity index (χ4v) is 3.67. The Bertz CT molecular complexity index is 872. The number of non-ortho nitro benzene ring substituents is 1. The molecule has 0 saturated carbocycles. The van der Waals surface area contributed by atoms with Gasteiger partial charge in [-0.05, 0) is 24.4 Å². The Morgan fingerprint density at radius 2 is 2.17 bits per heavy atom. The summed E-state index contributed by atoms with van der Waals surface area (Å²) in [5.74, 6) is -0.318. The van der Waals surface area contributed by atoms with E-state index in [0.717, 1.165) is 10.6 Å². The Kier molecular flexibility index (Phi) is 4.18. The number of benzene rings is 1. The number of nitrogens with one attached hydrogen (secondary N) is 1. The molecule has 3 rings (SSSR count). The van der Waals surface area contributed by atoms with Gasteiger partial charge in [-0.25, -0.2) is 4.98 Å². The zero-order chi connectivity index (χ0) is 16.4. The van der Waals surface area contributed by atoms with E-state index in [1.165, 1.54) is 29.5 Å². The lowest BCUT2D eigenvalue weighted by Gasteiger charge is -2.03. The molecule has 23 heavy (non-hydrogen) atoms. The summed E-state index contributed by atoms with van der Waals surface area (Å²) in [6.45, 7) is 1.77. The highest BCUT2D eigenvalue weighted by Gasteiger charge is 2.17. The number of nitro groups is 1. The second-order valence-corrected chi connectivity index (χ2v) is 6.49. The lowest BCUT2D eigenvalue weighted by molar-refractivity contribution is -0.384. The van der Waals surface area contributed by atoms with Crippen LogP contribution >= 0.6 is 22.7 Å². The largest absolute Gasteiger partial charge is 0.321 e. The number of carbonyl (C=O) groups excluding carboxylic acids is 1. The smallest absolute Gasteiger partial charge is 0.271 e. The number of rotatable bonds is 4. The number of hydrogen-bond acceptors (Lipinski definition) is 6. The second kappa shape index (κ2) is 6.27. The van der Waals surface area contributed by atoms with Crippen molar-refractivity contribution in [2.75, 3.05) is 5.32 Å². The third-order valence-corrected chi connectivity index (χ3v) is 4.97. The van der Waals surface area contributed by atoms with Crippen LogP contribution in [0.3, 0.4) is 0 Å². The van der Waals surface area contributed by atoms with Gasteiger partial charge >= 0.3 is 0 Å². The predicted molar refractivity (Wildman–Crippen MR) is 91.2 cm³/mol. The van der Waals surface area contributed by atoms with E-state index in [2.05, 4.69) is 10.3 Å². The average molecular weight is 345 g/mol. The van der Waals surface area contributed by atoms with Crippen molar-refractivity contribution < 1.29 is 9.72 Å². The molecule has 1 amide bonds. The van der Waals surface area contributed by atoms with Crippen LogP contribution in [0.25, 0.3) is 10.6 Å². The number of nitro benzene ring substituents is 1. The molecule has 0 bridgehead atoms. The van der Waals surface area contributed by atoms with Crippen molar-refractivity contribution in [3.8, 4) is 10.6 Å². The molecule has 2 heterocycles. The van der Waals surface area contributed by atoms with Crippen molar-refractivity contribution in [2.24, 2.45) is 0 Å². The second-order valence-electron chi connectivity index (χ2n) is 4.71. The van der Waals surface area contributed by atoms with E-state index in [4.69, 9.17) is 0 Å². The number of aromatic nitrogens is 1. The quantitative estimate of drug-likeness (QED) is 0.563. The molecule has 2 aromatic heterocycles. The Hall–Kier alpha value is -2.58. The van der Waals surface area contributed by atoms with Gasteiger partial charge in [0.2, 0.25) is 0 Å². The summed E-state index contributed by atoms with van der Waals surface area (Å²) >= 11 is 2.87. The minimum Gasteiger partial charge on any atom is -0.321 e. The minimum atomic E-state index is -0.498. The molecule has 0 spiro atoms. The van der Waals surface area contributed by atoms with Gasteiger partial charge in [0, 0.05) is 28.8 Å². The molecule has 3 aromatic rings. The van der Waals surface area contributed by atoms with Gasteiger partial charge < -0.3 is 5.32 Å². The summed E-state index contributed by atoms with van der Waals surface area (Å²) < 4.78 is 0. The Morgan fingerprint density at radius 1 is 1.35 bits per heavy atom. The zero-order valence-corrected chi connectivity index (χ0v) is 13.6. The van der Waals surface area contributed by atoms with E-state index in [1.807, 2.05) is 16.8 Å². The van der Waals surface area contributed by atoms with Gasteiger partial charge in [-0.2, -0.15) is 11.3 Å². The van der Waals surface area contributed by atoms with Crippen LogP contribution in [0.1, 0.15) is 15.4 Å². The van der Waals surface area contributed by atoms with Crippen LogP contribution in [0.15, 0.2) is 41.1 Å². The van der Waals surface area contributed by atoms with Crippen LogP contribution in [0.2, 0.25) is 0 Å². The molecule has 0 saturated heterocycles. The number of aryl methyl sites for hydroxylation is 1. The number of thiazole rings is 1. The van der Waals surface area contributed by atoms with E-state index in [9.17, 15) is 14.9 Å². The molecule has 0 aliphatic rings. The lowest BCUT2D eigenvalue weighted by Crippen LogP contribution is -2.11. The number of carbonyl (C=O) groups is 1. The SMILES string of the molecule is Cc1nc(-c2ccsc2)sc1C(=O)Nc1cccc([N+](=O)[O-])c1. The van der Waals surface area contributed by atoms with Crippen LogP contribution in [0.4, 0.5) is 11.4 Å². The summed E-state index contributed by atoms with van der Waals surface area (Å²) in [7, 11) is 0.